The van der Waals surface area contributed by atoms with Crippen LogP contribution in [0.25, 0.3) is 0 Å². The Balaban J connectivity index is 1.98. The van der Waals surface area contributed by atoms with Gasteiger partial charge in [-0.1, -0.05) is 34.6 Å². The molecule has 1 aromatic rings. The Morgan fingerprint density at radius 3 is 2.38 bits per heavy atom. The topological polar surface area (TPSA) is 58.2 Å². The van der Waals surface area contributed by atoms with Crippen molar-refractivity contribution < 1.29 is 8.42 Å². The monoisotopic (exact) mass is 330 g/mol. The molecule has 1 saturated carbocycles. The molecule has 0 atom stereocenters. The molecule has 4 nitrogen and oxygen atoms in total. The molecule has 6 heteroatoms. The molecular weight excluding hydrogens is 304 g/mol. The molecule has 0 bridgehead atoms. The minimum atomic E-state index is -3.38. The van der Waals surface area contributed by atoms with Gasteiger partial charge in [-0.3, -0.25) is 0 Å². The molecule has 1 heterocycles. The smallest absolute Gasteiger partial charge is 0.250 e. The fourth-order valence-electron chi connectivity index (χ4n) is 2.96. The second-order valence-corrected chi connectivity index (χ2v) is 9.81. The summed E-state index contributed by atoms with van der Waals surface area (Å²) in [6, 6.07) is 1.76. The van der Waals surface area contributed by atoms with Crippen LogP contribution in [0.1, 0.15) is 40.2 Å². The van der Waals surface area contributed by atoms with Crippen LogP contribution in [0, 0.1) is 16.7 Å². The summed E-state index contributed by atoms with van der Waals surface area (Å²) in [4.78, 5) is 0. The Morgan fingerprint density at radius 2 is 1.86 bits per heavy atom. The van der Waals surface area contributed by atoms with Gasteiger partial charge in [0, 0.05) is 13.1 Å². The SMILES string of the molecule is CCNCc1csc(S(=O)(=O)NCC2C(C)(C)C2(C)C)c1. The quantitative estimate of drug-likeness (QED) is 0.808. The Labute approximate surface area is 132 Å². The molecule has 2 N–H and O–H groups in total. The molecule has 0 aliphatic heterocycles. The van der Waals surface area contributed by atoms with Crippen molar-refractivity contribution in [2.45, 2.75) is 45.4 Å². The highest BCUT2D eigenvalue weighted by Gasteiger charge is 2.64. The van der Waals surface area contributed by atoms with E-state index >= 15 is 0 Å². The number of hydrogen-bond donors (Lipinski definition) is 2. The van der Waals surface area contributed by atoms with Gasteiger partial charge in [0.1, 0.15) is 4.21 Å². The minimum Gasteiger partial charge on any atom is -0.313 e. The van der Waals surface area contributed by atoms with Crippen LogP contribution in [-0.2, 0) is 16.6 Å². The molecule has 0 amide bonds. The molecule has 1 aliphatic rings. The van der Waals surface area contributed by atoms with Gasteiger partial charge in [-0.15, -0.1) is 11.3 Å². The van der Waals surface area contributed by atoms with Crippen LogP contribution in [-0.4, -0.2) is 21.5 Å². The van der Waals surface area contributed by atoms with Gasteiger partial charge in [0.25, 0.3) is 0 Å². The highest BCUT2D eigenvalue weighted by atomic mass is 32.2. The predicted molar refractivity (Wildman–Crippen MR) is 87.9 cm³/mol. The van der Waals surface area contributed by atoms with E-state index in [1.54, 1.807) is 6.07 Å². The van der Waals surface area contributed by atoms with Crippen molar-refractivity contribution in [2.24, 2.45) is 16.7 Å². The minimum absolute atomic E-state index is 0.196. The summed E-state index contributed by atoms with van der Waals surface area (Å²) in [7, 11) is -3.38. The van der Waals surface area contributed by atoms with E-state index in [9.17, 15) is 8.42 Å². The third-order valence-electron chi connectivity index (χ3n) is 5.27. The summed E-state index contributed by atoms with van der Waals surface area (Å²) in [6.45, 7) is 12.9. The van der Waals surface area contributed by atoms with Gasteiger partial charge in [-0.05, 0) is 40.3 Å². The molecular formula is C15H26N2O2S2. The number of thiophene rings is 1. The van der Waals surface area contributed by atoms with Crippen molar-refractivity contribution in [3.63, 3.8) is 0 Å². The molecule has 0 unspecified atom stereocenters. The third kappa shape index (κ3) is 3.18. The van der Waals surface area contributed by atoms with Crippen LogP contribution in [0.4, 0.5) is 0 Å². The summed E-state index contributed by atoms with van der Waals surface area (Å²) < 4.78 is 27.9. The molecule has 0 radical (unpaired) electrons. The lowest BCUT2D eigenvalue weighted by atomic mass is 10.0. The van der Waals surface area contributed by atoms with Gasteiger partial charge in [-0.2, -0.15) is 0 Å². The predicted octanol–water partition coefficient (Wildman–Crippen LogP) is 2.82. The normalized spacial score (nSPS) is 20.6. The van der Waals surface area contributed by atoms with E-state index in [2.05, 4.69) is 37.7 Å². The summed E-state index contributed by atoms with van der Waals surface area (Å²) in [5.41, 5.74) is 1.41. The van der Waals surface area contributed by atoms with E-state index < -0.39 is 10.0 Å². The van der Waals surface area contributed by atoms with Crippen LogP contribution in [0.15, 0.2) is 15.7 Å². The van der Waals surface area contributed by atoms with E-state index in [0.717, 1.165) is 12.1 Å². The summed E-state index contributed by atoms with van der Waals surface area (Å²) in [5, 5.41) is 5.11. The van der Waals surface area contributed by atoms with Crippen molar-refractivity contribution >= 4 is 21.4 Å². The zero-order valence-electron chi connectivity index (χ0n) is 13.5. The van der Waals surface area contributed by atoms with Crippen LogP contribution in [0.3, 0.4) is 0 Å². The van der Waals surface area contributed by atoms with Crippen molar-refractivity contribution in [3.05, 3.63) is 17.0 Å². The lowest BCUT2D eigenvalue weighted by molar-refractivity contribution is 0.457. The second kappa shape index (κ2) is 5.65. The fraction of sp³-hybridized carbons (Fsp3) is 0.733. The zero-order valence-corrected chi connectivity index (χ0v) is 15.1. The molecule has 0 spiro atoms. The van der Waals surface area contributed by atoms with Gasteiger partial charge in [-0.25, -0.2) is 13.1 Å². The first-order valence-electron chi connectivity index (χ1n) is 7.40. The van der Waals surface area contributed by atoms with Crippen molar-refractivity contribution in [1.29, 1.82) is 0 Å². The average Bonchev–Trinajstić information content (AvgIpc) is 2.76. The average molecular weight is 331 g/mol. The van der Waals surface area contributed by atoms with Gasteiger partial charge >= 0.3 is 0 Å². The zero-order chi connectivity index (χ0) is 15.9. The van der Waals surface area contributed by atoms with Crippen molar-refractivity contribution in [1.82, 2.24) is 10.0 Å². The van der Waals surface area contributed by atoms with Crippen LogP contribution >= 0.6 is 11.3 Å². The number of rotatable bonds is 7. The number of hydrogen-bond acceptors (Lipinski definition) is 4. The molecule has 0 aromatic carbocycles. The van der Waals surface area contributed by atoms with Crippen LogP contribution in [0.2, 0.25) is 0 Å². The molecule has 1 fully saturated rings. The molecule has 0 saturated heterocycles. The van der Waals surface area contributed by atoms with Gasteiger partial charge in [0.2, 0.25) is 10.0 Å². The summed E-state index contributed by atoms with van der Waals surface area (Å²) in [6.07, 6.45) is 0. The second-order valence-electron chi connectivity index (χ2n) is 6.90. The standard InChI is InChI=1S/C15H26N2O2S2/c1-6-16-8-11-7-13(20-10-11)21(18,19)17-9-12-14(2,3)15(12,4)5/h7,10,12,16-17H,6,8-9H2,1-5H3. The maximum Gasteiger partial charge on any atom is 0.250 e. The van der Waals surface area contributed by atoms with Gasteiger partial charge in [0.05, 0.1) is 0 Å². The first kappa shape index (κ1) is 16.9. The summed E-state index contributed by atoms with van der Waals surface area (Å²) >= 11 is 1.29. The molecule has 120 valence electrons. The maximum absolute atomic E-state index is 12.4. The largest absolute Gasteiger partial charge is 0.313 e. The Kier molecular flexibility index (Phi) is 4.55. The molecule has 1 aliphatic carbocycles. The maximum atomic E-state index is 12.4. The lowest BCUT2D eigenvalue weighted by Crippen LogP contribution is -2.26. The van der Waals surface area contributed by atoms with E-state index in [0.29, 0.717) is 23.2 Å². The Bertz CT molecular complexity index is 589. The van der Waals surface area contributed by atoms with E-state index in [1.807, 2.05) is 12.3 Å². The molecule has 2 rings (SSSR count). The first-order valence-corrected chi connectivity index (χ1v) is 9.77. The fourth-order valence-corrected chi connectivity index (χ4v) is 5.26. The highest BCUT2D eigenvalue weighted by Crippen LogP contribution is 2.67. The lowest BCUT2D eigenvalue weighted by Gasteiger charge is -2.06. The Hall–Kier alpha value is -0.430. The van der Waals surface area contributed by atoms with Gasteiger partial charge in [0.15, 0.2) is 0 Å². The van der Waals surface area contributed by atoms with Gasteiger partial charge < -0.3 is 5.32 Å². The van der Waals surface area contributed by atoms with Crippen LogP contribution < -0.4 is 10.0 Å². The van der Waals surface area contributed by atoms with E-state index in [-0.39, 0.29) is 10.8 Å². The number of sulfonamides is 1. The molecule has 21 heavy (non-hydrogen) atoms. The third-order valence-corrected chi connectivity index (χ3v) is 8.18. The molecule has 1 aromatic heterocycles. The Morgan fingerprint density at radius 1 is 1.24 bits per heavy atom. The van der Waals surface area contributed by atoms with Crippen molar-refractivity contribution in [3.8, 4) is 0 Å². The van der Waals surface area contributed by atoms with E-state index in [4.69, 9.17) is 0 Å². The number of nitrogens with one attached hydrogen (secondary N) is 2. The van der Waals surface area contributed by atoms with E-state index in [1.165, 1.54) is 11.3 Å². The van der Waals surface area contributed by atoms with Crippen LogP contribution in [0.5, 0.6) is 0 Å². The highest BCUT2D eigenvalue weighted by molar-refractivity contribution is 7.91. The van der Waals surface area contributed by atoms with Crippen molar-refractivity contribution in [2.75, 3.05) is 13.1 Å². The first-order chi connectivity index (χ1) is 9.63. The summed E-state index contributed by atoms with van der Waals surface area (Å²) in [5.74, 6) is 0.390.